The molecule has 0 bridgehead atoms. The Morgan fingerprint density at radius 2 is 2.00 bits per heavy atom. The zero-order valence-electron chi connectivity index (χ0n) is 8.70. The zero-order chi connectivity index (χ0) is 11.4. The average Bonchev–Trinajstić information content (AvgIpc) is 2.18. The number of carbonyl (C=O) groups is 1. The maximum atomic E-state index is 11.9. The van der Waals surface area contributed by atoms with E-state index in [1.54, 1.807) is 24.3 Å². The normalized spacial score (nSPS) is 12.2. The molecular weight excluding hydrogens is 210 g/mol. The first kappa shape index (κ1) is 11.7. The van der Waals surface area contributed by atoms with Crippen LogP contribution in [0.4, 0.5) is 0 Å². The maximum absolute atomic E-state index is 11.9. The third-order valence-electron chi connectivity index (χ3n) is 2.23. The molecule has 0 aromatic heterocycles. The highest BCUT2D eigenvalue weighted by Gasteiger charge is 2.24. The summed E-state index contributed by atoms with van der Waals surface area (Å²) in [5.74, 6) is -0.818. The van der Waals surface area contributed by atoms with Gasteiger partial charge < -0.3 is 0 Å². The van der Waals surface area contributed by atoms with E-state index in [1.165, 1.54) is 0 Å². The Labute approximate surface area is 94.5 Å². The average molecular weight is 222 g/mol. The number of hydrogen-bond donors (Lipinski definition) is 0. The standard InChI is InChI=1S/C12H12ClNO/c1-8(2)10(7-14)12(15)9-5-3-4-6-11(9)13/h3-6,8,10H,1-2H3. The minimum atomic E-state index is -0.620. The van der Waals surface area contributed by atoms with Crippen molar-refractivity contribution >= 4 is 17.4 Å². The van der Waals surface area contributed by atoms with E-state index in [0.29, 0.717) is 10.6 Å². The molecule has 0 aliphatic rings. The lowest BCUT2D eigenvalue weighted by Crippen LogP contribution is -2.18. The van der Waals surface area contributed by atoms with E-state index in [9.17, 15) is 4.79 Å². The second-order valence-corrected chi connectivity index (χ2v) is 4.10. The van der Waals surface area contributed by atoms with Gasteiger partial charge in [0.2, 0.25) is 0 Å². The van der Waals surface area contributed by atoms with Crippen LogP contribution in [-0.2, 0) is 0 Å². The topological polar surface area (TPSA) is 40.9 Å². The Morgan fingerprint density at radius 3 is 2.47 bits per heavy atom. The van der Waals surface area contributed by atoms with Crippen molar-refractivity contribution in [2.24, 2.45) is 11.8 Å². The van der Waals surface area contributed by atoms with Crippen LogP contribution in [-0.4, -0.2) is 5.78 Å². The van der Waals surface area contributed by atoms with Crippen LogP contribution < -0.4 is 0 Å². The second-order valence-electron chi connectivity index (χ2n) is 3.69. The predicted octanol–water partition coefficient (Wildman–Crippen LogP) is 3.32. The van der Waals surface area contributed by atoms with Gasteiger partial charge in [0.05, 0.1) is 11.1 Å². The first-order chi connectivity index (χ1) is 7.07. The number of nitriles is 1. The summed E-state index contributed by atoms with van der Waals surface area (Å²) >= 11 is 5.89. The number of ketones is 1. The van der Waals surface area contributed by atoms with Crippen molar-refractivity contribution in [3.8, 4) is 6.07 Å². The molecule has 0 heterocycles. The van der Waals surface area contributed by atoms with Crippen LogP contribution in [0.25, 0.3) is 0 Å². The summed E-state index contributed by atoms with van der Waals surface area (Å²) in [4.78, 5) is 11.9. The SMILES string of the molecule is CC(C)C(C#N)C(=O)c1ccccc1Cl. The molecule has 1 aromatic carbocycles. The van der Waals surface area contributed by atoms with Gasteiger partial charge in [0, 0.05) is 5.56 Å². The van der Waals surface area contributed by atoms with Gasteiger partial charge in [0.15, 0.2) is 5.78 Å². The van der Waals surface area contributed by atoms with E-state index in [4.69, 9.17) is 16.9 Å². The molecule has 0 aliphatic heterocycles. The van der Waals surface area contributed by atoms with Crippen molar-refractivity contribution in [2.45, 2.75) is 13.8 Å². The van der Waals surface area contributed by atoms with Crippen molar-refractivity contribution in [3.63, 3.8) is 0 Å². The highest BCUT2D eigenvalue weighted by Crippen LogP contribution is 2.22. The molecule has 0 N–H and O–H groups in total. The molecule has 3 heteroatoms. The molecule has 0 saturated carbocycles. The lowest BCUT2D eigenvalue weighted by atomic mass is 9.89. The molecule has 0 fully saturated rings. The third-order valence-corrected chi connectivity index (χ3v) is 2.56. The zero-order valence-corrected chi connectivity index (χ0v) is 9.45. The van der Waals surface area contributed by atoms with Gasteiger partial charge in [0.25, 0.3) is 0 Å². The monoisotopic (exact) mass is 221 g/mol. The van der Waals surface area contributed by atoms with E-state index >= 15 is 0 Å². The van der Waals surface area contributed by atoms with Gasteiger partial charge in [-0.15, -0.1) is 0 Å². The van der Waals surface area contributed by atoms with Gasteiger partial charge in [-0.2, -0.15) is 5.26 Å². The number of halogens is 1. The van der Waals surface area contributed by atoms with Gasteiger partial charge in [-0.25, -0.2) is 0 Å². The van der Waals surface area contributed by atoms with Gasteiger partial charge in [0.1, 0.15) is 5.92 Å². The van der Waals surface area contributed by atoms with Gasteiger partial charge >= 0.3 is 0 Å². The van der Waals surface area contributed by atoms with Crippen LogP contribution >= 0.6 is 11.6 Å². The Kier molecular flexibility index (Phi) is 3.88. The highest BCUT2D eigenvalue weighted by molar-refractivity contribution is 6.34. The minimum Gasteiger partial charge on any atom is -0.293 e. The lowest BCUT2D eigenvalue weighted by Gasteiger charge is -2.12. The molecule has 78 valence electrons. The van der Waals surface area contributed by atoms with Crippen LogP contribution in [0.5, 0.6) is 0 Å². The minimum absolute atomic E-state index is 0.00114. The maximum Gasteiger partial charge on any atom is 0.181 e. The fourth-order valence-electron chi connectivity index (χ4n) is 1.34. The first-order valence-corrected chi connectivity index (χ1v) is 5.14. The summed E-state index contributed by atoms with van der Waals surface area (Å²) in [6, 6.07) is 8.83. The molecule has 2 nitrogen and oxygen atoms in total. The van der Waals surface area contributed by atoms with Crippen molar-refractivity contribution in [1.29, 1.82) is 5.26 Å². The van der Waals surface area contributed by atoms with Crippen molar-refractivity contribution in [3.05, 3.63) is 34.9 Å². The fraction of sp³-hybridized carbons (Fsp3) is 0.333. The molecule has 1 aromatic rings. The molecule has 0 radical (unpaired) electrons. The number of carbonyl (C=O) groups excluding carboxylic acids is 1. The first-order valence-electron chi connectivity index (χ1n) is 4.76. The molecule has 15 heavy (non-hydrogen) atoms. The molecule has 1 rings (SSSR count). The van der Waals surface area contributed by atoms with Gasteiger partial charge in [-0.05, 0) is 18.1 Å². The largest absolute Gasteiger partial charge is 0.293 e. The molecule has 0 saturated heterocycles. The van der Waals surface area contributed by atoms with E-state index < -0.39 is 5.92 Å². The van der Waals surface area contributed by atoms with Crippen molar-refractivity contribution < 1.29 is 4.79 Å². The van der Waals surface area contributed by atoms with E-state index in [1.807, 2.05) is 19.9 Å². The van der Waals surface area contributed by atoms with E-state index in [0.717, 1.165) is 0 Å². The van der Waals surface area contributed by atoms with Gasteiger partial charge in [-0.1, -0.05) is 37.6 Å². The van der Waals surface area contributed by atoms with Crippen LogP contribution in [0.15, 0.2) is 24.3 Å². The number of Topliss-reactive ketones (excluding diaryl/α,β-unsaturated/α-hetero) is 1. The van der Waals surface area contributed by atoms with Crippen LogP contribution in [0, 0.1) is 23.2 Å². The highest BCUT2D eigenvalue weighted by atomic mass is 35.5. The van der Waals surface area contributed by atoms with Crippen LogP contribution in [0.3, 0.4) is 0 Å². The second kappa shape index (κ2) is 4.95. The molecule has 0 aliphatic carbocycles. The predicted molar refractivity (Wildman–Crippen MR) is 59.7 cm³/mol. The number of benzene rings is 1. The smallest absolute Gasteiger partial charge is 0.181 e. The van der Waals surface area contributed by atoms with E-state index in [2.05, 4.69) is 0 Å². The van der Waals surface area contributed by atoms with E-state index in [-0.39, 0.29) is 11.7 Å². The molecule has 1 atom stereocenters. The number of hydrogen-bond acceptors (Lipinski definition) is 2. The summed E-state index contributed by atoms with van der Waals surface area (Å²) in [7, 11) is 0. The molecule has 0 amide bonds. The summed E-state index contributed by atoms with van der Waals surface area (Å²) < 4.78 is 0. The van der Waals surface area contributed by atoms with Crippen LogP contribution in [0.1, 0.15) is 24.2 Å². The fourth-order valence-corrected chi connectivity index (χ4v) is 1.57. The number of rotatable bonds is 3. The summed E-state index contributed by atoms with van der Waals surface area (Å²) in [6.45, 7) is 3.70. The molecular formula is C12H12ClNO. The van der Waals surface area contributed by atoms with Crippen LogP contribution in [0.2, 0.25) is 5.02 Å². The Balaban J connectivity index is 3.05. The van der Waals surface area contributed by atoms with Gasteiger partial charge in [-0.3, -0.25) is 4.79 Å². The molecule has 1 unspecified atom stereocenters. The quantitative estimate of drug-likeness (QED) is 0.735. The Bertz CT molecular complexity index is 406. The Morgan fingerprint density at radius 1 is 1.40 bits per heavy atom. The van der Waals surface area contributed by atoms with Crippen molar-refractivity contribution in [2.75, 3.05) is 0 Å². The molecule has 0 spiro atoms. The summed E-state index contributed by atoms with van der Waals surface area (Å²) in [5.41, 5.74) is 0.430. The summed E-state index contributed by atoms with van der Waals surface area (Å²) in [5, 5.41) is 9.31. The Hall–Kier alpha value is -1.33. The lowest BCUT2D eigenvalue weighted by molar-refractivity contribution is 0.0924. The summed E-state index contributed by atoms with van der Waals surface area (Å²) in [6.07, 6.45) is 0. The van der Waals surface area contributed by atoms with Crippen molar-refractivity contribution in [1.82, 2.24) is 0 Å². The number of nitrogens with zero attached hydrogens (tertiary/aromatic N) is 1. The third kappa shape index (κ3) is 2.57.